The standard InChI is InChI=1S/C29H37OP/c1-20-17-21(2)27(22(3)18-20)31(24-13-11-10-12-14-24)30-26-16-15-23(28(4,5)6)19-25(26)29(7,8)9/h10-19H,1-9H3. The molecule has 0 radical (unpaired) electrons. The third-order valence-electron chi connectivity index (χ3n) is 5.67. The molecule has 3 rings (SSSR count). The molecule has 0 amide bonds. The van der Waals surface area contributed by atoms with Gasteiger partial charge in [-0.2, -0.15) is 0 Å². The van der Waals surface area contributed by atoms with Gasteiger partial charge in [0.25, 0.3) is 0 Å². The zero-order valence-electron chi connectivity index (χ0n) is 20.6. The molecular formula is C29H37OP. The van der Waals surface area contributed by atoms with Crippen molar-refractivity contribution >= 4 is 18.8 Å². The second kappa shape index (κ2) is 8.79. The smallest absolute Gasteiger partial charge is 0.151 e. The van der Waals surface area contributed by atoms with Crippen LogP contribution in [0.3, 0.4) is 0 Å². The first kappa shape index (κ1) is 23.6. The molecule has 0 saturated heterocycles. The van der Waals surface area contributed by atoms with E-state index in [2.05, 4.69) is 123 Å². The molecule has 0 aliphatic heterocycles. The minimum Gasteiger partial charge on any atom is -0.464 e. The van der Waals surface area contributed by atoms with E-state index >= 15 is 0 Å². The van der Waals surface area contributed by atoms with Gasteiger partial charge in [0.05, 0.1) is 0 Å². The van der Waals surface area contributed by atoms with Crippen LogP contribution in [0.15, 0.2) is 60.7 Å². The zero-order chi connectivity index (χ0) is 23.0. The first-order valence-electron chi connectivity index (χ1n) is 11.1. The average Bonchev–Trinajstić information content (AvgIpc) is 2.65. The summed E-state index contributed by atoms with van der Waals surface area (Å²) in [5, 5.41) is 2.57. The second-order valence-corrected chi connectivity index (χ2v) is 12.4. The fraction of sp³-hybridized carbons (Fsp3) is 0.379. The number of hydrogen-bond acceptors (Lipinski definition) is 1. The molecule has 2 heteroatoms. The summed E-state index contributed by atoms with van der Waals surface area (Å²) in [6.07, 6.45) is 0. The molecule has 31 heavy (non-hydrogen) atoms. The first-order valence-corrected chi connectivity index (χ1v) is 12.4. The van der Waals surface area contributed by atoms with E-state index in [4.69, 9.17) is 4.52 Å². The van der Waals surface area contributed by atoms with E-state index in [1.54, 1.807) is 0 Å². The van der Waals surface area contributed by atoms with Crippen molar-refractivity contribution in [3.05, 3.63) is 88.5 Å². The van der Waals surface area contributed by atoms with E-state index in [-0.39, 0.29) is 10.8 Å². The van der Waals surface area contributed by atoms with Crippen LogP contribution in [0.2, 0.25) is 0 Å². The lowest BCUT2D eigenvalue weighted by Crippen LogP contribution is -2.22. The summed E-state index contributed by atoms with van der Waals surface area (Å²) in [5.74, 6) is 0.995. The van der Waals surface area contributed by atoms with E-state index in [0.717, 1.165) is 5.75 Å². The Hall–Kier alpha value is -2.11. The van der Waals surface area contributed by atoms with Gasteiger partial charge in [-0.1, -0.05) is 102 Å². The summed E-state index contributed by atoms with van der Waals surface area (Å²) in [4.78, 5) is 0. The number of aryl methyl sites for hydroxylation is 3. The number of benzene rings is 3. The van der Waals surface area contributed by atoms with Crippen molar-refractivity contribution in [1.29, 1.82) is 0 Å². The maximum absolute atomic E-state index is 6.98. The molecule has 3 aromatic carbocycles. The first-order chi connectivity index (χ1) is 14.4. The lowest BCUT2D eigenvalue weighted by Gasteiger charge is -2.30. The highest BCUT2D eigenvalue weighted by molar-refractivity contribution is 7.69. The minimum absolute atomic E-state index is 0.00828. The highest BCUT2D eigenvalue weighted by atomic mass is 31.1. The molecule has 0 bridgehead atoms. The Morgan fingerprint density at radius 1 is 0.677 bits per heavy atom. The van der Waals surface area contributed by atoms with Crippen LogP contribution in [0.1, 0.15) is 69.4 Å². The quantitative estimate of drug-likeness (QED) is 0.385. The summed E-state index contributed by atoms with van der Waals surface area (Å²) in [6.45, 7) is 20.2. The Balaban J connectivity index is 2.18. The Morgan fingerprint density at radius 3 is 1.77 bits per heavy atom. The summed E-state index contributed by atoms with van der Waals surface area (Å²) >= 11 is 0. The molecule has 1 nitrogen and oxygen atoms in total. The van der Waals surface area contributed by atoms with Crippen molar-refractivity contribution < 1.29 is 4.52 Å². The molecule has 0 saturated carbocycles. The average molecular weight is 433 g/mol. The van der Waals surface area contributed by atoms with E-state index < -0.39 is 8.15 Å². The fourth-order valence-corrected chi connectivity index (χ4v) is 6.07. The Bertz CT molecular complexity index is 1030. The zero-order valence-corrected chi connectivity index (χ0v) is 21.5. The van der Waals surface area contributed by atoms with Gasteiger partial charge in [-0.05, 0) is 54.4 Å². The maximum atomic E-state index is 6.98. The lowest BCUT2D eigenvalue weighted by molar-refractivity contribution is 0.531. The van der Waals surface area contributed by atoms with Crippen molar-refractivity contribution in [2.24, 2.45) is 0 Å². The number of rotatable bonds is 4. The molecule has 1 unspecified atom stereocenters. The Kier molecular flexibility index (Phi) is 6.68. The molecule has 0 aliphatic rings. The number of hydrogen-bond donors (Lipinski definition) is 0. The molecule has 164 valence electrons. The van der Waals surface area contributed by atoms with Crippen molar-refractivity contribution in [3.8, 4) is 5.75 Å². The van der Waals surface area contributed by atoms with Gasteiger partial charge in [0.15, 0.2) is 8.15 Å². The minimum atomic E-state index is -0.982. The fourth-order valence-electron chi connectivity index (χ4n) is 4.04. The summed E-state index contributed by atoms with van der Waals surface area (Å²) < 4.78 is 6.98. The predicted molar refractivity (Wildman–Crippen MR) is 138 cm³/mol. The van der Waals surface area contributed by atoms with Crippen LogP contribution in [0, 0.1) is 20.8 Å². The van der Waals surface area contributed by atoms with Gasteiger partial charge in [0.1, 0.15) is 5.75 Å². The van der Waals surface area contributed by atoms with Gasteiger partial charge in [0, 0.05) is 16.2 Å². The van der Waals surface area contributed by atoms with Crippen LogP contribution in [0.25, 0.3) is 0 Å². The van der Waals surface area contributed by atoms with Crippen LogP contribution in [0.5, 0.6) is 5.75 Å². The van der Waals surface area contributed by atoms with Crippen molar-refractivity contribution in [2.75, 3.05) is 0 Å². The Labute approximate surface area is 190 Å². The highest BCUT2D eigenvalue weighted by Gasteiger charge is 2.27. The van der Waals surface area contributed by atoms with Crippen LogP contribution in [-0.2, 0) is 10.8 Å². The summed E-state index contributed by atoms with van der Waals surface area (Å²) in [5.41, 5.74) is 6.61. The SMILES string of the molecule is Cc1cc(C)c(P(Oc2ccc(C(C)(C)C)cc2C(C)(C)C)c2ccccc2)c(C)c1. The molecule has 3 aromatic rings. The van der Waals surface area contributed by atoms with Crippen LogP contribution in [-0.4, -0.2) is 0 Å². The van der Waals surface area contributed by atoms with Gasteiger partial charge >= 0.3 is 0 Å². The topological polar surface area (TPSA) is 9.23 Å². The van der Waals surface area contributed by atoms with Crippen LogP contribution >= 0.6 is 8.15 Å². The van der Waals surface area contributed by atoms with Gasteiger partial charge in [-0.3, -0.25) is 0 Å². The third kappa shape index (κ3) is 5.39. The normalized spacial score (nSPS) is 13.2. The molecule has 0 spiro atoms. The monoisotopic (exact) mass is 432 g/mol. The summed E-state index contributed by atoms with van der Waals surface area (Å²) in [7, 11) is -0.982. The van der Waals surface area contributed by atoms with Crippen molar-refractivity contribution in [2.45, 2.75) is 73.1 Å². The van der Waals surface area contributed by atoms with Gasteiger partial charge < -0.3 is 4.52 Å². The Morgan fingerprint density at radius 2 is 1.26 bits per heavy atom. The van der Waals surface area contributed by atoms with Crippen LogP contribution in [0.4, 0.5) is 0 Å². The van der Waals surface area contributed by atoms with Crippen molar-refractivity contribution in [3.63, 3.8) is 0 Å². The maximum Gasteiger partial charge on any atom is 0.151 e. The van der Waals surface area contributed by atoms with Crippen LogP contribution < -0.4 is 15.1 Å². The molecular weight excluding hydrogens is 395 g/mol. The van der Waals surface area contributed by atoms with Gasteiger partial charge in [-0.15, -0.1) is 0 Å². The molecule has 0 fully saturated rings. The molecule has 0 aliphatic carbocycles. The molecule has 0 aromatic heterocycles. The molecule has 1 atom stereocenters. The largest absolute Gasteiger partial charge is 0.464 e. The molecule has 0 heterocycles. The van der Waals surface area contributed by atoms with E-state index in [1.165, 1.54) is 38.4 Å². The van der Waals surface area contributed by atoms with Gasteiger partial charge in [0.2, 0.25) is 0 Å². The second-order valence-electron chi connectivity index (χ2n) is 10.7. The summed E-state index contributed by atoms with van der Waals surface area (Å²) in [6, 6.07) is 22.0. The van der Waals surface area contributed by atoms with E-state index in [0.29, 0.717) is 0 Å². The molecule has 0 N–H and O–H groups in total. The van der Waals surface area contributed by atoms with E-state index in [1.807, 2.05) is 0 Å². The van der Waals surface area contributed by atoms with E-state index in [9.17, 15) is 0 Å². The van der Waals surface area contributed by atoms with Gasteiger partial charge in [-0.25, -0.2) is 0 Å². The highest BCUT2D eigenvalue weighted by Crippen LogP contribution is 2.44. The van der Waals surface area contributed by atoms with Crippen molar-refractivity contribution in [1.82, 2.24) is 0 Å². The third-order valence-corrected chi connectivity index (χ3v) is 7.93. The predicted octanol–water partition coefficient (Wildman–Crippen LogP) is 7.63. The lowest BCUT2D eigenvalue weighted by atomic mass is 9.80.